The highest BCUT2D eigenvalue weighted by Crippen LogP contribution is 2.35. The molecule has 0 saturated heterocycles. The molecule has 0 fully saturated rings. The van der Waals surface area contributed by atoms with E-state index >= 15 is 0 Å². The van der Waals surface area contributed by atoms with Crippen LogP contribution < -0.4 is 19.5 Å². The van der Waals surface area contributed by atoms with Gasteiger partial charge in [0.05, 0.1) is 0 Å². The molecule has 1 atom stereocenters. The summed E-state index contributed by atoms with van der Waals surface area (Å²) in [4.78, 5) is 24.8. The Morgan fingerprint density at radius 3 is 2.46 bits per heavy atom. The van der Waals surface area contributed by atoms with Crippen LogP contribution in [0.2, 0.25) is 0 Å². The fourth-order valence-corrected chi connectivity index (χ4v) is 2.44. The van der Waals surface area contributed by atoms with Crippen molar-refractivity contribution in [1.82, 2.24) is 5.32 Å². The average Bonchev–Trinajstić information content (AvgIpc) is 3.07. The molecule has 1 aliphatic rings. The van der Waals surface area contributed by atoms with E-state index in [0.29, 0.717) is 17.2 Å². The summed E-state index contributed by atoms with van der Waals surface area (Å²) in [5, 5.41) is 2.63. The fourth-order valence-electron chi connectivity index (χ4n) is 2.44. The Morgan fingerprint density at radius 2 is 1.77 bits per heavy atom. The Bertz CT molecular complexity index is 819. The number of hydrogen-bond donors (Lipinski definition) is 1. The number of ether oxygens (including phenoxy) is 3. The van der Waals surface area contributed by atoms with Crippen molar-refractivity contribution in [2.45, 2.75) is 19.9 Å². The molecule has 1 amide bonds. The molecule has 2 aromatic carbocycles. The van der Waals surface area contributed by atoms with Crippen LogP contribution in [0.3, 0.4) is 0 Å². The van der Waals surface area contributed by atoms with Gasteiger partial charge in [-0.2, -0.15) is 0 Å². The topological polar surface area (TPSA) is 73.9 Å². The van der Waals surface area contributed by atoms with E-state index in [-0.39, 0.29) is 18.3 Å². The molecule has 26 heavy (non-hydrogen) atoms. The van der Waals surface area contributed by atoms with Gasteiger partial charge in [0.15, 0.2) is 11.5 Å². The lowest BCUT2D eigenvalue weighted by Gasteiger charge is -2.20. The monoisotopic (exact) mass is 359 g/mol. The van der Waals surface area contributed by atoms with Gasteiger partial charge < -0.3 is 19.5 Å². The second-order valence-corrected chi connectivity index (χ2v) is 6.14. The van der Waals surface area contributed by atoms with E-state index in [9.17, 15) is 14.0 Å². The molecule has 6 nitrogen and oxygen atoms in total. The van der Waals surface area contributed by atoms with E-state index in [1.807, 2.05) is 0 Å². The van der Waals surface area contributed by atoms with Gasteiger partial charge in [-0.05, 0) is 42.3 Å². The maximum atomic E-state index is 13.0. The highest BCUT2D eigenvalue weighted by molar-refractivity contribution is 5.97. The van der Waals surface area contributed by atoms with Gasteiger partial charge in [-0.1, -0.05) is 13.8 Å². The second kappa shape index (κ2) is 7.43. The molecule has 0 radical (unpaired) electrons. The summed E-state index contributed by atoms with van der Waals surface area (Å²) in [5.41, 5.74) is 0.257. The van der Waals surface area contributed by atoms with E-state index in [1.165, 1.54) is 24.3 Å². The van der Waals surface area contributed by atoms with Crippen LogP contribution in [-0.2, 0) is 4.79 Å². The maximum Gasteiger partial charge on any atom is 0.334 e. The molecular weight excluding hydrogens is 341 g/mol. The van der Waals surface area contributed by atoms with Crippen LogP contribution in [-0.4, -0.2) is 24.7 Å². The number of fused-ring (bicyclic) bond motifs is 1. The molecule has 2 aromatic rings. The number of hydrogen-bond acceptors (Lipinski definition) is 5. The van der Waals surface area contributed by atoms with Gasteiger partial charge in [0.25, 0.3) is 5.91 Å². The van der Waals surface area contributed by atoms with Crippen molar-refractivity contribution >= 4 is 11.9 Å². The first kappa shape index (κ1) is 17.7. The van der Waals surface area contributed by atoms with E-state index in [1.54, 1.807) is 32.0 Å². The van der Waals surface area contributed by atoms with Gasteiger partial charge in [0.1, 0.15) is 17.6 Å². The minimum atomic E-state index is -0.863. The molecule has 0 unspecified atom stereocenters. The minimum absolute atomic E-state index is 0.120. The fraction of sp³-hybridized carbons (Fsp3) is 0.263. The van der Waals surface area contributed by atoms with Gasteiger partial charge in [0.2, 0.25) is 6.79 Å². The number of esters is 1. The summed E-state index contributed by atoms with van der Waals surface area (Å²) in [5.74, 6) is -0.367. The first-order chi connectivity index (χ1) is 12.4. The molecule has 0 aliphatic carbocycles. The molecule has 3 rings (SSSR count). The number of rotatable bonds is 5. The number of halogens is 1. The number of amides is 1. The predicted octanol–water partition coefficient (Wildman–Crippen LogP) is 2.91. The van der Waals surface area contributed by atoms with E-state index < -0.39 is 23.7 Å². The third kappa shape index (κ3) is 3.93. The Morgan fingerprint density at radius 1 is 1.08 bits per heavy atom. The standard InChI is InChI=1S/C19H18FNO5/c1-11(2)17(21-18(22)12-3-5-13(20)6-4-12)19(23)26-14-7-8-15-16(9-14)25-10-24-15/h3-9,11,17H,10H2,1-2H3,(H,21,22)/t17-/m0/s1. The van der Waals surface area contributed by atoms with Gasteiger partial charge in [-0.25, -0.2) is 9.18 Å². The number of carbonyl (C=O) groups is 2. The van der Waals surface area contributed by atoms with Crippen LogP contribution in [0.4, 0.5) is 4.39 Å². The van der Waals surface area contributed by atoms with Crippen molar-refractivity contribution in [2.24, 2.45) is 5.92 Å². The van der Waals surface area contributed by atoms with Crippen molar-refractivity contribution in [1.29, 1.82) is 0 Å². The zero-order chi connectivity index (χ0) is 18.7. The van der Waals surface area contributed by atoms with Crippen LogP contribution in [0.25, 0.3) is 0 Å². The Hall–Kier alpha value is -3.09. The number of nitrogens with one attached hydrogen (secondary N) is 1. The summed E-state index contributed by atoms with van der Waals surface area (Å²) in [6.45, 7) is 3.70. The third-order valence-corrected chi connectivity index (χ3v) is 3.88. The van der Waals surface area contributed by atoms with Gasteiger partial charge in [0, 0.05) is 11.6 Å². The SMILES string of the molecule is CC(C)[C@H](NC(=O)c1ccc(F)cc1)C(=O)Oc1ccc2c(c1)OCO2. The summed E-state index contributed by atoms with van der Waals surface area (Å²) in [6.07, 6.45) is 0. The smallest absolute Gasteiger partial charge is 0.334 e. The van der Waals surface area contributed by atoms with Crippen molar-refractivity contribution in [3.8, 4) is 17.2 Å². The van der Waals surface area contributed by atoms with Crippen LogP contribution in [0.1, 0.15) is 24.2 Å². The van der Waals surface area contributed by atoms with Crippen LogP contribution in [0, 0.1) is 11.7 Å². The quantitative estimate of drug-likeness (QED) is 0.656. The molecule has 0 aromatic heterocycles. The summed E-state index contributed by atoms with van der Waals surface area (Å²) in [6, 6.07) is 9.00. The van der Waals surface area contributed by atoms with Crippen molar-refractivity contribution in [3.05, 3.63) is 53.8 Å². The molecule has 136 valence electrons. The van der Waals surface area contributed by atoms with Crippen LogP contribution in [0.5, 0.6) is 17.2 Å². The lowest BCUT2D eigenvalue weighted by atomic mass is 10.0. The molecule has 7 heteroatoms. The largest absolute Gasteiger partial charge is 0.454 e. The average molecular weight is 359 g/mol. The minimum Gasteiger partial charge on any atom is -0.454 e. The van der Waals surface area contributed by atoms with Crippen LogP contribution >= 0.6 is 0 Å². The molecule has 0 spiro atoms. The molecule has 1 heterocycles. The van der Waals surface area contributed by atoms with Gasteiger partial charge in [-0.3, -0.25) is 4.79 Å². The Kier molecular flexibility index (Phi) is 5.06. The second-order valence-electron chi connectivity index (χ2n) is 6.14. The van der Waals surface area contributed by atoms with Crippen molar-refractivity contribution in [2.75, 3.05) is 6.79 Å². The predicted molar refractivity (Wildman–Crippen MR) is 90.7 cm³/mol. The zero-order valence-electron chi connectivity index (χ0n) is 14.3. The Labute approximate surface area is 149 Å². The van der Waals surface area contributed by atoms with Crippen molar-refractivity contribution in [3.63, 3.8) is 0 Å². The normalized spacial score (nSPS) is 13.4. The lowest BCUT2D eigenvalue weighted by Crippen LogP contribution is -2.46. The first-order valence-electron chi connectivity index (χ1n) is 8.12. The maximum absolute atomic E-state index is 13.0. The third-order valence-electron chi connectivity index (χ3n) is 3.88. The Balaban J connectivity index is 1.69. The lowest BCUT2D eigenvalue weighted by molar-refractivity contribution is -0.137. The van der Waals surface area contributed by atoms with E-state index in [2.05, 4.69) is 5.32 Å². The summed E-state index contributed by atoms with van der Waals surface area (Å²) >= 11 is 0. The first-order valence-corrected chi connectivity index (χ1v) is 8.12. The van der Waals surface area contributed by atoms with Crippen molar-refractivity contribution < 1.29 is 28.2 Å². The van der Waals surface area contributed by atoms with Crippen LogP contribution in [0.15, 0.2) is 42.5 Å². The summed E-state index contributed by atoms with van der Waals surface area (Å²) in [7, 11) is 0. The van der Waals surface area contributed by atoms with E-state index in [4.69, 9.17) is 14.2 Å². The van der Waals surface area contributed by atoms with Gasteiger partial charge >= 0.3 is 5.97 Å². The highest BCUT2D eigenvalue weighted by Gasteiger charge is 2.27. The number of benzene rings is 2. The molecule has 1 aliphatic heterocycles. The summed E-state index contributed by atoms with van der Waals surface area (Å²) < 4.78 is 28.8. The molecule has 0 saturated carbocycles. The molecular formula is C19H18FNO5. The molecule has 1 N–H and O–H groups in total. The molecule has 0 bridgehead atoms. The zero-order valence-corrected chi connectivity index (χ0v) is 14.3. The number of carbonyl (C=O) groups excluding carboxylic acids is 2. The van der Waals surface area contributed by atoms with E-state index in [0.717, 1.165) is 0 Å². The van der Waals surface area contributed by atoms with Gasteiger partial charge in [-0.15, -0.1) is 0 Å². The highest BCUT2D eigenvalue weighted by atomic mass is 19.1.